The molecule has 1 fully saturated rings. The van der Waals surface area contributed by atoms with Crippen molar-refractivity contribution >= 4 is 11.6 Å². The summed E-state index contributed by atoms with van der Waals surface area (Å²) in [6.45, 7) is 0. The van der Waals surface area contributed by atoms with Gasteiger partial charge in [0.25, 0.3) is 0 Å². The lowest BCUT2D eigenvalue weighted by Crippen LogP contribution is -2.55. The number of halogens is 2. The summed E-state index contributed by atoms with van der Waals surface area (Å²) in [5.74, 6) is 5.48. The average molecular weight is 315 g/mol. The summed E-state index contributed by atoms with van der Waals surface area (Å²) >= 11 is 6.14. The van der Waals surface area contributed by atoms with Crippen molar-refractivity contribution in [2.75, 3.05) is 7.11 Å². The molecule has 0 aromatic heterocycles. The number of benzene rings is 1. The minimum absolute atomic E-state index is 0.157. The third kappa shape index (κ3) is 3.75. The summed E-state index contributed by atoms with van der Waals surface area (Å²) in [6.07, 6.45) is 6.94. The molecule has 2 rings (SSSR count). The molecular formula is C16H24ClFN2O. The van der Waals surface area contributed by atoms with E-state index in [4.69, 9.17) is 22.2 Å². The van der Waals surface area contributed by atoms with Crippen molar-refractivity contribution in [3.63, 3.8) is 0 Å². The van der Waals surface area contributed by atoms with Gasteiger partial charge >= 0.3 is 0 Å². The molecule has 0 amide bonds. The molecule has 0 saturated heterocycles. The first-order chi connectivity index (χ1) is 10.1. The molecule has 118 valence electrons. The lowest BCUT2D eigenvalue weighted by Gasteiger charge is -2.39. The molecule has 1 aliphatic rings. The van der Waals surface area contributed by atoms with Crippen LogP contribution in [0.4, 0.5) is 4.39 Å². The molecule has 1 saturated carbocycles. The summed E-state index contributed by atoms with van der Waals surface area (Å²) in [5.41, 5.74) is 3.00. The van der Waals surface area contributed by atoms with Gasteiger partial charge in [0.05, 0.1) is 11.6 Å². The second-order valence-corrected chi connectivity index (χ2v) is 6.21. The molecule has 5 heteroatoms. The highest BCUT2D eigenvalue weighted by Crippen LogP contribution is 2.35. The molecule has 3 N–H and O–H groups in total. The lowest BCUT2D eigenvalue weighted by molar-refractivity contribution is -0.0528. The number of rotatable bonds is 5. The van der Waals surface area contributed by atoms with Gasteiger partial charge in [0.1, 0.15) is 5.82 Å². The zero-order valence-corrected chi connectivity index (χ0v) is 13.3. The van der Waals surface area contributed by atoms with Gasteiger partial charge in [-0.15, -0.1) is 0 Å². The molecule has 21 heavy (non-hydrogen) atoms. The monoisotopic (exact) mass is 314 g/mol. The molecule has 0 aliphatic heterocycles. The predicted molar refractivity (Wildman–Crippen MR) is 83.7 cm³/mol. The highest BCUT2D eigenvalue weighted by molar-refractivity contribution is 6.31. The molecular weight excluding hydrogens is 291 g/mol. The molecule has 1 aromatic carbocycles. The van der Waals surface area contributed by atoms with E-state index in [-0.39, 0.29) is 17.5 Å². The quantitative estimate of drug-likeness (QED) is 0.496. The number of nitrogens with one attached hydrogen (secondary N) is 1. The Morgan fingerprint density at radius 1 is 1.33 bits per heavy atom. The molecule has 0 spiro atoms. The Labute approximate surface area is 131 Å². The van der Waals surface area contributed by atoms with Crippen molar-refractivity contribution < 1.29 is 9.13 Å². The Morgan fingerprint density at radius 3 is 2.52 bits per heavy atom. The Bertz CT molecular complexity index is 441. The maximum Gasteiger partial charge on any atom is 0.127 e. The van der Waals surface area contributed by atoms with Crippen molar-refractivity contribution in [2.24, 2.45) is 5.84 Å². The maximum absolute atomic E-state index is 14.0. The normalized spacial score (nSPS) is 20.0. The highest BCUT2D eigenvalue weighted by Gasteiger charge is 2.39. The van der Waals surface area contributed by atoms with Crippen LogP contribution in [0.2, 0.25) is 5.02 Å². The smallest absolute Gasteiger partial charge is 0.127 e. The van der Waals surface area contributed by atoms with Crippen molar-refractivity contribution in [1.29, 1.82) is 0 Å². The van der Waals surface area contributed by atoms with E-state index in [1.165, 1.54) is 18.9 Å². The van der Waals surface area contributed by atoms with Crippen molar-refractivity contribution in [2.45, 2.75) is 56.6 Å². The van der Waals surface area contributed by atoms with E-state index in [1.807, 2.05) is 0 Å². The van der Waals surface area contributed by atoms with E-state index in [2.05, 4.69) is 5.43 Å². The van der Waals surface area contributed by atoms with Gasteiger partial charge in [-0.2, -0.15) is 0 Å². The van der Waals surface area contributed by atoms with E-state index in [0.717, 1.165) is 25.7 Å². The molecule has 1 atom stereocenters. The average Bonchev–Trinajstić information content (AvgIpc) is 2.73. The molecule has 1 unspecified atom stereocenters. The Hall–Kier alpha value is -0.680. The van der Waals surface area contributed by atoms with E-state index >= 15 is 0 Å². The van der Waals surface area contributed by atoms with Gasteiger partial charge in [0, 0.05) is 17.7 Å². The largest absolute Gasteiger partial charge is 0.377 e. The van der Waals surface area contributed by atoms with E-state index in [1.54, 1.807) is 19.2 Å². The highest BCUT2D eigenvalue weighted by atomic mass is 35.5. The zero-order chi connectivity index (χ0) is 15.3. The zero-order valence-electron chi connectivity index (χ0n) is 12.5. The fourth-order valence-electron chi connectivity index (χ4n) is 3.35. The van der Waals surface area contributed by atoms with Crippen LogP contribution < -0.4 is 11.3 Å². The summed E-state index contributed by atoms with van der Waals surface area (Å²) < 4.78 is 19.9. The molecule has 1 aliphatic carbocycles. The van der Waals surface area contributed by atoms with Gasteiger partial charge in [-0.25, -0.2) is 4.39 Å². The molecule has 0 heterocycles. The van der Waals surface area contributed by atoms with Crippen LogP contribution in [0.5, 0.6) is 0 Å². The fourth-order valence-corrected chi connectivity index (χ4v) is 3.59. The molecule has 3 nitrogen and oxygen atoms in total. The summed E-state index contributed by atoms with van der Waals surface area (Å²) in [5, 5.41) is 0.440. The third-order valence-electron chi connectivity index (χ3n) is 4.66. The van der Waals surface area contributed by atoms with Crippen LogP contribution >= 0.6 is 11.6 Å². The van der Waals surface area contributed by atoms with Gasteiger partial charge in [-0.05, 0) is 31.4 Å². The van der Waals surface area contributed by atoms with Crippen LogP contribution in [0.1, 0.15) is 44.1 Å². The van der Waals surface area contributed by atoms with Crippen molar-refractivity contribution in [3.05, 3.63) is 34.6 Å². The first kappa shape index (κ1) is 16.7. The second kappa shape index (κ2) is 7.54. The Morgan fingerprint density at radius 2 is 2.00 bits per heavy atom. The predicted octanol–water partition coefficient (Wildman–Crippen LogP) is 3.59. The number of hydrogen-bond acceptors (Lipinski definition) is 3. The van der Waals surface area contributed by atoms with Gasteiger partial charge in [-0.3, -0.25) is 11.3 Å². The van der Waals surface area contributed by atoms with Gasteiger partial charge in [0.15, 0.2) is 0 Å². The summed E-state index contributed by atoms with van der Waals surface area (Å²) in [6, 6.07) is 4.60. The number of hydrazine groups is 1. The first-order valence-corrected chi connectivity index (χ1v) is 7.95. The van der Waals surface area contributed by atoms with Crippen LogP contribution in [0, 0.1) is 5.82 Å². The molecule has 0 bridgehead atoms. The third-order valence-corrected chi connectivity index (χ3v) is 5.02. The maximum atomic E-state index is 14.0. The fraction of sp³-hybridized carbons (Fsp3) is 0.625. The Kier molecular flexibility index (Phi) is 5.99. The van der Waals surface area contributed by atoms with Gasteiger partial charge in [0.2, 0.25) is 0 Å². The SMILES string of the molecule is COC1(C(Cc2c(F)cccc2Cl)NN)CCCCCC1. The summed E-state index contributed by atoms with van der Waals surface area (Å²) in [7, 11) is 1.72. The number of ether oxygens (including phenoxy) is 1. The van der Waals surface area contributed by atoms with Crippen LogP contribution in [0.15, 0.2) is 18.2 Å². The number of hydrogen-bond donors (Lipinski definition) is 2. The summed E-state index contributed by atoms with van der Waals surface area (Å²) in [4.78, 5) is 0. The Balaban J connectivity index is 2.25. The number of nitrogens with two attached hydrogens (primary N) is 1. The van der Waals surface area contributed by atoms with E-state index in [9.17, 15) is 4.39 Å². The second-order valence-electron chi connectivity index (χ2n) is 5.81. The topological polar surface area (TPSA) is 47.3 Å². The van der Waals surface area contributed by atoms with Crippen LogP contribution in [-0.2, 0) is 11.2 Å². The van der Waals surface area contributed by atoms with Crippen LogP contribution in [0.3, 0.4) is 0 Å². The van der Waals surface area contributed by atoms with Crippen LogP contribution in [-0.4, -0.2) is 18.8 Å². The van der Waals surface area contributed by atoms with E-state index < -0.39 is 0 Å². The first-order valence-electron chi connectivity index (χ1n) is 7.57. The minimum atomic E-state index is -0.350. The standard InChI is InChI=1S/C16H24ClFN2O/c1-21-16(9-4-2-3-5-10-16)15(20-19)11-12-13(17)7-6-8-14(12)18/h6-8,15,20H,2-5,9-11,19H2,1H3. The van der Waals surface area contributed by atoms with Crippen molar-refractivity contribution in [1.82, 2.24) is 5.43 Å². The van der Waals surface area contributed by atoms with E-state index in [0.29, 0.717) is 17.0 Å². The molecule has 1 aromatic rings. The van der Waals surface area contributed by atoms with Crippen LogP contribution in [0.25, 0.3) is 0 Å². The van der Waals surface area contributed by atoms with Gasteiger partial charge < -0.3 is 4.74 Å². The lowest BCUT2D eigenvalue weighted by atomic mass is 9.83. The van der Waals surface area contributed by atoms with Gasteiger partial charge in [-0.1, -0.05) is 43.4 Å². The van der Waals surface area contributed by atoms with Crippen molar-refractivity contribution in [3.8, 4) is 0 Å². The number of methoxy groups -OCH3 is 1. The minimum Gasteiger partial charge on any atom is -0.377 e. The molecule has 0 radical (unpaired) electrons.